The summed E-state index contributed by atoms with van der Waals surface area (Å²) < 4.78 is 5.42. The molecule has 0 aliphatic carbocycles. The second kappa shape index (κ2) is 14.7. The van der Waals surface area contributed by atoms with Crippen molar-refractivity contribution in [2.24, 2.45) is 5.73 Å². The highest BCUT2D eigenvalue weighted by molar-refractivity contribution is 5.84. The predicted octanol–water partition coefficient (Wildman–Crippen LogP) is 4.68. The van der Waals surface area contributed by atoms with Crippen molar-refractivity contribution >= 4 is 5.91 Å². The van der Waals surface area contributed by atoms with Gasteiger partial charge in [-0.05, 0) is 6.42 Å². The molecule has 1 rings (SSSR count). The van der Waals surface area contributed by atoms with E-state index in [1.165, 1.54) is 83.5 Å². The second-order valence-corrected chi connectivity index (χ2v) is 7.30. The third kappa shape index (κ3) is 9.63. The van der Waals surface area contributed by atoms with Gasteiger partial charge in [-0.15, -0.1) is 0 Å². The summed E-state index contributed by atoms with van der Waals surface area (Å²) in [4.78, 5) is 11.4. The molecule has 1 heterocycles. The van der Waals surface area contributed by atoms with Crippen LogP contribution in [0.5, 0.6) is 0 Å². The normalized spacial score (nSPS) is 19.5. The molecular formula is C20H41NO3. The number of carbonyl (C=O) groups excluding carboxylic acids is 1. The van der Waals surface area contributed by atoms with Crippen molar-refractivity contribution < 1.29 is 15.0 Å². The molecule has 4 N–H and O–H groups in total. The Kier molecular flexibility index (Phi) is 14.3. The molecule has 1 saturated heterocycles. The third-order valence-corrected chi connectivity index (χ3v) is 5.27. The molecule has 1 aliphatic heterocycles. The fourth-order valence-electron chi connectivity index (χ4n) is 3.47. The van der Waals surface area contributed by atoms with Gasteiger partial charge in [0.1, 0.15) is 5.60 Å². The quantitative estimate of drug-likeness (QED) is 0.413. The molecule has 0 bridgehead atoms. The minimum Gasteiger partial charge on any atom is -0.412 e. The number of amides is 1. The van der Waals surface area contributed by atoms with E-state index >= 15 is 0 Å². The van der Waals surface area contributed by atoms with Crippen LogP contribution >= 0.6 is 0 Å². The van der Waals surface area contributed by atoms with Gasteiger partial charge >= 0.3 is 0 Å². The van der Waals surface area contributed by atoms with Gasteiger partial charge in [0.15, 0.2) is 0 Å². The van der Waals surface area contributed by atoms with Crippen LogP contribution in [0.25, 0.3) is 0 Å². The summed E-state index contributed by atoms with van der Waals surface area (Å²) in [6.07, 6.45) is 20.6. The van der Waals surface area contributed by atoms with E-state index in [4.69, 9.17) is 10.5 Å². The average molecular weight is 344 g/mol. The topological polar surface area (TPSA) is 83.8 Å². The summed E-state index contributed by atoms with van der Waals surface area (Å²) in [7, 11) is 0. The molecule has 1 aliphatic rings. The van der Waals surface area contributed by atoms with Crippen LogP contribution in [0.3, 0.4) is 0 Å². The molecule has 0 aromatic heterocycles. The molecule has 1 atom stereocenters. The number of nitrogens with two attached hydrogens (primary N) is 1. The van der Waals surface area contributed by atoms with Crippen LogP contribution in [-0.2, 0) is 9.53 Å². The Hall–Kier alpha value is -0.610. The zero-order valence-corrected chi connectivity index (χ0v) is 15.9. The molecule has 0 radical (unpaired) electrons. The molecule has 1 unspecified atom stereocenters. The number of hydrogen-bond acceptors (Lipinski definition) is 2. The van der Waals surface area contributed by atoms with Gasteiger partial charge in [-0.1, -0.05) is 96.8 Å². The van der Waals surface area contributed by atoms with Crippen molar-refractivity contribution in [3.05, 3.63) is 0 Å². The number of ether oxygens (including phenoxy) is 1. The monoisotopic (exact) mass is 343 g/mol. The van der Waals surface area contributed by atoms with Crippen molar-refractivity contribution in [1.29, 1.82) is 0 Å². The van der Waals surface area contributed by atoms with E-state index in [2.05, 4.69) is 6.92 Å². The van der Waals surface area contributed by atoms with Crippen LogP contribution in [0, 0.1) is 0 Å². The van der Waals surface area contributed by atoms with Crippen molar-refractivity contribution in [3.63, 3.8) is 0 Å². The van der Waals surface area contributed by atoms with E-state index in [1.54, 1.807) is 0 Å². The average Bonchev–Trinajstić information content (AvgIpc) is 2.49. The third-order valence-electron chi connectivity index (χ3n) is 5.27. The minimum absolute atomic E-state index is 0. The van der Waals surface area contributed by atoms with E-state index in [9.17, 15) is 4.79 Å². The molecule has 0 aromatic carbocycles. The van der Waals surface area contributed by atoms with Crippen LogP contribution < -0.4 is 5.73 Å². The number of primary amides is 1. The molecule has 144 valence electrons. The molecule has 24 heavy (non-hydrogen) atoms. The Bertz CT molecular complexity index is 303. The molecule has 0 saturated carbocycles. The van der Waals surface area contributed by atoms with Gasteiger partial charge in [-0.3, -0.25) is 4.79 Å². The number of rotatable bonds is 16. The Morgan fingerprint density at radius 2 is 1.21 bits per heavy atom. The first-order chi connectivity index (χ1) is 11.2. The molecule has 1 amide bonds. The zero-order chi connectivity index (χ0) is 16.8. The lowest BCUT2D eigenvalue weighted by Crippen LogP contribution is -2.54. The SMILES string of the molecule is CCCCCCCCCCCCCCCCC1(C(N)=O)CCO1.O. The number of hydrogen-bond donors (Lipinski definition) is 1. The maximum Gasteiger partial charge on any atom is 0.249 e. The highest BCUT2D eigenvalue weighted by Crippen LogP contribution is 2.31. The Morgan fingerprint density at radius 1 is 0.833 bits per heavy atom. The highest BCUT2D eigenvalue weighted by Gasteiger charge is 2.43. The van der Waals surface area contributed by atoms with Crippen molar-refractivity contribution in [2.75, 3.05) is 6.61 Å². The molecule has 4 nitrogen and oxygen atoms in total. The van der Waals surface area contributed by atoms with Crippen LogP contribution in [0.2, 0.25) is 0 Å². The fraction of sp³-hybridized carbons (Fsp3) is 0.950. The van der Waals surface area contributed by atoms with E-state index in [1.807, 2.05) is 0 Å². The van der Waals surface area contributed by atoms with Gasteiger partial charge in [0.2, 0.25) is 5.91 Å². The summed E-state index contributed by atoms with van der Waals surface area (Å²) in [5, 5.41) is 0. The van der Waals surface area contributed by atoms with Gasteiger partial charge in [-0.25, -0.2) is 0 Å². The van der Waals surface area contributed by atoms with Gasteiger partial charge in [-0.2, -0.15) is 0 Å². The lowest BCUT2D eigenvalue weighted by Gasteiger charge is -2.39. The van der Waals surface area contributed by atoms with Crippen LogP contribution in [0.15, 0.2) is 0 Å². The number of carbonyl (C=O) groups is 1. The molecule has 0 spiro atoms. The van der Waals surface area contributed by atoms with Gasteiger partial charge in [0.05, 0.1) is 6.61 Å². The maximum absolute atomic E-state index is 11.4. The molecule has 4 heteroatoms. The summed E-state index contributed by atoms with van der Waals surface area (Å²) in [6, 6.07) is 0. The first-order valence-corrected chi connectivity index (χ1v) is 10.1. The van der Waals surface area contributed by atoms with Crippen LogP contribution in [-0.4, -0.2) is 23.6 Å². The zero-order valence-electron chi connectivity index (χ0n) is 15.9. The van der Waals surface area contributed by atoms with E-state index < -0.39 is 5.60 Å². The molecular weight excluding hydrogens is 302 g/mol. The van der Waals surface area contributed by atoms with Crippen molar-refractivity contribution in [3.8, 4) is 0 Å². The van der Waals surface area contributed by atoms with E-state index in [-0.39, 0.29) is 11.4 Å². The lowest BCUT2D eigenvalue weighted by molar-refractivity contribution is -0.175. The van der Waals surface area contributed by atoms with Crippen molar-refractivity contribution in [2.45, 2.75) is 115 Å². The Balaban J connectivity index is 0.00000529. The molecule has 1 fully saturated rings. The summed E-state index contributed by atoms with van der Waals surface area (Å²) >= 11 is 0. The first kappa shape index (κ1) is 23.4. The summed E-state index contributed by atoms with van der Waals surface area (Å²) in [6.45, 7) is 2.97. The Labute approximate surface area is 149 Å². The van der Waals surface area contributed by atoms with Gasteiger partial charge < -0.3 is 15.9 Å². The standard InChI is InChI=1S/C20H39NO2.H2O/c1-2-3-4-5-6-7-8-9-10-11-12-13-14-15-16-20(19(21)22)17-18-23-20;/h2-18H2,1H3,(H2,21,22);1H2. The van der Waals surface area contributed by atoms with Crippen LogP contribution in [0.1, 0.15) is 110 Å². The lowest BCUT2D eigenvalue weighted by atomic mass is 9.87. The summed E-state index contributed by atoms with van der Waals surface area (Å²) in [5.74, 6) is -0.265. The van der Waals surface area contributed by atoms with Gasteiger partial charge in [0.25, 0.3) is 0 Å². The first-order valence-electron chi connectivity index (χ1n) is 10.1. The largest absolute Gasteiger partial charge is 0.412 e. The fourth-order valence-corrected chi connectivity index (χ4v) is 3.47. The van der Waals surface area contributed by atoms with E-state index in [0.717, 1.165) is 19.3 Å². The highest BCUT2D eigenvalue weighted by atomic mass is 16.5. The van der Waals surface area contributed by atoms with Gasteiger partial charge in [0, 0.05) is 6.42 Å². The maximum atomic E-state index is 11.4. The Morgan fingerprint density at radius 3 is 1.50 bits per heavy atom. The summed E-state index contributed by atoms with van der Waals surface area (Å²) in [5.41, 5.74) is 4.82. The van der Waals surface area contributed by atoms with Crippen molar-refractivity contribution in [1.82, 2.24) is 0 Å². The minimum atomic E-state index is -0.600. The molecule has 0 aromatic rings. The second-order valence-electron chi connectivity index (χ2n) is 7.30. The van der Waals surface area contributed by atoms with E-state index in [0.29, 0.717) is 6.61 Å². The number of unbranched alkanes of at least 4 members (excludes halogenated alkanes) is 13. The van der Waals surface area contributed by atoms with Crippen LogP contribution in [0.4, 0.5) is 0 Å². The predicted molar refractivity (Wildman–Crippen MR) is 101 cm³/mol. The smallest absolute Gasteiger partial charge is 0.249 e.